The standard InChI is InChI=1S/C11H12N2O3/c1-8(14)13-12-7-9-3-2-4-10-11(9)16-6-5-15-10/h2-4,7H,5-6H2,1H3,(H,13,14)/b12-7+. The molecule has 1 aromatic carbocycles. The molecule has 0 saturated heterocycles. The minimum absolute atomic E-state index is 0.210. The Morgan fingerprint density at radius 2 is 2.25 bits per heavy atom. The molecular formula is C11H12N2O3. The van der Waals surface area contributed by atoms with Gasteiger partial charge in [0.05, 0.1) is 6.21 Å². The van der Waals surface area contributed by atoms with Crippen molar-refractivity contribution in [3.63, 3.8) is 0 Å². The number of hydrogen-bond acceptors (Lipinski definition) is 4. The van der Waals surface area contributed by atoms with Gasteiger partial charge in [0.25, 0.3) is 0 Å². The van der Waals surface area contributed by atoms with E-state index >= 15 is 0 Å². The molecule has 2 rings (SSSR count). The number of nitrogens with zero attached hydrogens (tertiary/aromatic N) is 1. The highest BCUT2D eigenvalue weighted by molar-refractivity contribution is 5.86. The lowest BCUT2D eigenvalue weighted by Gasteiger charge is -2.19. The second-order valence-corrected chi connectivity index (χ2v) is 3.30. The highest BCUT2D eigenvalue weighted by Gasteiger charge is 2.13. The predicted molar refractivity (Wildman–Crippen MR) is 58.8 cm³/mol. The van der Waals surface area contributed by atoms with Gasteiger partial charge in [-0.05, 0) is 12.1 Å². The number of rotatable bonds is 2. The van der Waals surface area contributed by atoms with Crippen LogP contribution in [0.2, 0.25) is 0 Å². The van der Waals surface area contributed by atoms with E-state index in [0.29, 0.717) is 24.7 Å². The second kappa shape index (κ2) is 4.65. The Morgan fingerprint density at radius 1 is 1.44 bits per heavy atom. The maximum atomic E-state index is 10.6. The van der Waals surface area contributed by atoms with E-state index in [9.17, 15) is 4.79 Å². The molecule has 0 radical (unpaired) electrons. The van der Waals surface area contributed by atoms with Crippen LogP contribution >= 0.6 is 0 Å². The normalized spacial score (nSPS) is 13.8. The summed E-state index contributed by atoms with van der Waals surface area (Å²) in [6.45, 7) is 2.48. The summed E-state index contributed by atoms with van der Waals surface area (Å²) in [5, 5.41) is 3.79. The first-order valence-corrected chi connectivity index (χ1v) is 4.95. The second-order valence-electron chi connectivity index (χ2n) is 3.30. The number of fused-ring (bicyclic) bond motifs is 1. The van der Waals surface area contributed by atoms with E-state index in [4.69, 9.17) is 9.47 Å². The average molecular weight is 220 g/mol. The van der Waals surface area contributed by atoms with E-state index in [2.05, 4.69) is 10.5 Å². The molecule has 1 aliphatic rings. The van der Waals surface area contributed by atoms with Crippen LogP contribution in [-0.2, 0) is 4.79 Å². The summed E-state index contributed by atoms with van der Waals surface area (Å²) in [5.74, 6) is 1.17. The van der Waals surface area contributed by atoms with Gasteiger partial charge in [0.2, 0.25) is 5.91 Å². The molecule has 0 atom stereocenters. The van der Waals surface area contributed by atoms with Crippen LogP contribution < -0.4 is 14.9 Å². The lowest BCUT2D eigenvalue weighted by atomic mass is 10.2. The summed E-state index contributed by atoms with van der Waals surface area (Å²) in [4.78, 5) is 10.6. The van der Waals surface area contributed by atoms with Crippen LogP contribution in [0.15, 0.2) is 23.3 Å². The SMILES string of the molecule is CC(=O)N/N=C/c1cccc2c1OCCO2. The van der Waals surface area contributed by atoms with Crippen molar-refractivity contribution in [1.82, 2.24) is 5.43 Å². The topological polar surface area (TPSA) is 59.9 Å². The molecule has 1 heterocycles. The van der Waals surface area contributed by atoms with Gasteiger partial charge in [0, 0.05) is 12.5 Å². The van der Waals surface area contributed by atoms with E-state index in [1.165, 1.54) is 13.1 Å². The van der Waals surface area contributed by atoms with Crippen LogP contribution in [-0.4, -0.2) is 25.3 Å². The van der Waals surface area contributed by atoms with Crippen LogP contribution in [0, 0.1) is 0 Å². The molecule has 1 N–H and O–H groups in total. The summed E-state index contributed by atoms with van der Waals surface area (Å²) in [7, 11) is 0. The molecule has 0 aromatic heterocycles. The Morgan fingerprint density at radius 3 is 3.06 bits per heavy atom. The summed E-state index contributed by atoms with van der Waals surface area (Å²) in [6, 6.07) is 5.53. The fraction of sp³-hybridized carbons (Fsp3) is 0.273. The van der Waals surface area contributed by atoms with Gasteiger partial charge in [-0.2, -0.15) is 5.10 Å². The largest absolute Gasteiger partial charge is 0.486 e. The molecule has 5 heteroatoms. The van der Waals surface area contributed by atoms with E-state index in [1.54, 1.807) is 0 Å². The fourth-order valence-corrected chi connectivity index (χ4v) is 1.39. The molecule has 0 unspecified atom stereocenters. The first-order chi connectivity index (χ1) is 7.77. The number of benzene rings is 1. The highest BCUT2D eigenvalue weighted by atomic mass is 16.6. The molecule has 1 aliphatic heterocycles. The smallest absolute Gasteiger partial charge is 0.236 e. The maximum Gasteiger partial charge on any atom is 0.236 e. The van der Waals surface area contributed by atoms with E-state index in [-0.39, 0.29) is 5.91 Å². The third-order valence-corrected chi connectivity index (χ3v) is 2.02. The van der Waals surface area contributed by atoms with Crippen molar-refractivity contribution in [2.45, 2.75) is 6.92 Å². The number of amides is 1. The lowest BCUT2D eigenvalue weighted by molar-refractivity contribution is -0.118. The zero-order chi connectivity index (χ0) is 11.4. The molecule has 16 heavy (non-hydrogen) atoms. The first-order valence-electron chi connectivity index (χ1n) is 4.95. The molecule has 0 fully saturated rings. The predicted octanol–water partition coefficient (Wildman–Crippen LogP) is 0.928. The molecule has 0 saturated carbocycles. The molecular weight excluding hydrogens is 208 g/mol. The van der Waals surface area contributed by atoms with E-state index in [1.807, 2.05) is 18.2 Å². The highest BCUT2D eigenvalue weighted by Crippen LogP contribution is 2.32. The maximum absolute atomic E-state index is 10.6. The zero-order valence-electron chi connectivity index (χ0n) is 8.90. The van der Waals surface area contributed by atoms with Crippen molar-refractivity contribution in [2.24, 2.45) is 5.10 Å². The summed E-state index contributed by atoms with van der Waals surface area (Å²) >= 11 is 0. The Kier molecular flexibility index (Phi) is 3.05. The van der Waals surface area contributed by atoms with Gasteiger partial charge in [0.15, 0.2) is 11.5 Å². The number of hydrazone groups is 1. The molecule has 0 aliphatic carbocycles. The van der Waals surface area contributed by atoms with Crippen molar-refractivity contribution < 1.29 is 14.3 Å². The Hall–Kier alpha value is -2.04. The van der Waals surface area contributed by atoms with Crippen molar-refractivity contribution >= 4 is 12.1 Å². The Bertz CT molecular complexity index is 429. The fourth-order valence-electron chi connectivity index (χ4n) is 1.39. The third-order valence-electron chi connectivity index (χ3n) is 2.02. The van der Waals surface area contributed by atoms with Crippen molar-refractivity contribution in [3.8, 4) is 11.5 Å². The van der Waals surface area contributed by atoms with Crippen molar-refractivity contribution in [3.05, 3.63) is 23.8 Å². The van der Waals surface area contributed by atoms with Crippen molar-refractivity contribution in [2.75, 3.05) is 13.2 Å². The van der Waals surface area contributed by atoms with Gasteiger partial charge >= 0.3 is 0 Å². The van der Waals surface area contributed by atoms with Crippen molar-refractivity contribution in [1.29, 1.82) is 0 Å². The number of carbonyl (C=O) groups is 1. The zero-order valence-corrected chi connectivity index (χ0v) is 8.90. The minimum Gasteiger partial charge on any atom is -0.486 e. The minimum atomic E-state index is -0.210. The van der Waals surface area contributed by atoms with Crippen LogP contribution in [0.1, 0.15) is 12.5 Å². The molecule has 0 spiro atoms. The Labute approximate surface area is 93.1 Å². The molecule has 1 aromatic rings. The molecule has 5 nitrogen and oxygen atoms in total. The summed E-state index contributed by atoms with van der Waals surface area (Å²) in [6.07, 6.45) is 1.54. The molecule has 84 valence electrons. The van der Waals surface area contributed by atoms with Gasteiger partial charge in [-0.25, -0.2) is 5.43 Å². The molecule has 1 amide bonds. The van der Waals surface area contributed by atoms with Crippen LogP contribution in [0.3, 0.4) is 0 Å². The quantitative estimate of drug-likeness (QED) is 0.595. The average Bonchev–Trinajstić information content (AvgIpc) is 2.29. The Balaban J connectivity index is 2.20. The number of hydrogen-bond donors (Lipinski definition) is 1. The lowest BCUT2D eigenvalue weighted by Crippen LogP contribution is -2.17. The number of carbonyl (C=O) groups excluding carboxylic acids is 1. The van der Waals surface area contributed by atoms with Gasteiger partial charge in [0.1, 0.15) is 13.2 Å². The summed E-state index contributed by atoms with van der Waals surface area (Å²) in [5.41, 5.74) is 3.12. The van der Waals surface area contributed by atoms with Crippen LogP contribution in [0.25, 0.3) is 0 Å². The van der Waals surface area contributed by atoms with E-state index < -0.39 is 0 Å². The van der Waals surface area contributed by atoms with Gasteiger partial charge in [-0.1, -0.05) is 6.07 Å². The monoisotopic (exact) mass is 220 g/mol. The number of ether oxygens (including phenoxy) is 2. The number of para-hydroxylation sites is 1. The number of nitrogens with one attached hydrogen (secondary N) is 1. The molecule has 0 bridgehead atoms. The van der Waals surface area contributed by atoms with Crippen LogP contribution in [0.4, 0.5) is 0 Å². The van der Waals surface area contributed by atoms with Gasteiger partial charge < -0.3 is 9.47 Å². The third kappa shape index (κ3) is 2.31. The van der Waals surface area contributed by atoms with Gasteiger partial charge in [-0.15, -0.1) is 0 Å². The first kappa shape index (κ1) is 10.5. The summed E-state index contributed by atoms with van der Waals surface area (Å²) < 4.78 is 10.9. The van der Waals surface area contributed by atoms with E-state index in [0.717, 1.165) is 5.56 Å². The van der Waals surface area contributed by atoms with Gasteiger partial charge in [-0.3, -0.25) is 4.79 Å². The van der Waals surface area contributed by atoms with Crippen LogP contribution in [0.5, 0.6) is 11.5 Å².